The molecule has 0 saturated carbocycles. The fourth-order valence-corrected chi connectivity index (χ4v) is 1.48. The van der Waals surface area contributed by atoms with E-state index in [0.29, 0.717) is 5.82 Å². The normalized spacial score (nSPS) is 9.89. The molecule has 1 aromatic heterocycles. The van der Waals surface area contributed by atoms with Crippen LogP contribution in [0.25, 0.3) is 0 Å². The van der Waals surface area contributed by atoms with Gasteiger partial charge in [0, 0.05) is 12.7 Å². The first-order valence-electron chi connectivity index (χ1n) is 5.34. The molecule has 1 amide bonds. The molecule has 3 N–H and O–H groups in total. The number of hydrogen-bond donors (Lipinski definition) is 2. The predicted octanol–water partition coefficient (Wildman–Crippen LogP) is 1.04. The average molecular weight is 243 g/mol. The van der Waals surface area contributed by atoms with Gasteiger partial charge in [-0.05, 0) is 12.1 Å². The number of hydrogen-bond acceptors (Lipinski definition) is 5. The molecule has 0 spiro atoms. The van der Waals surface area contributed by atoms with E-state index in [1.165, 1.54) is 17.3 Å². The lowest BCUT2D eigenvalue weighted by atomic mass is 10.3. The highest BCUT2D eigenvalue weighted by molar-refractivity contribution is 6.04. The third-order valence-electron chi connectivity index (χ3n) is 2.45. The number of carbonyl (C=O) groups excluding carboxylic acids is 1. The van der Waals surface area contributed by atoms with Crippen molar-refractivity contribution < 1.29 is 4.79 Å². The fraction of sp³-hybridized carbons (Fsp3) is 0.0833. The van der Waals surface area contributed by atoms with Gasteiger partial charge in [-0.15, -0.1) is 0 Å². The summed E-state index contributed by atoms with van der Waals surface area (Å²) in [7, 11) is 1.68. The van der Waals surface area contributed by atoms with Crippen molar-refractivity contribution in [2.45, 2.75) is 0 Å². The predicted molar refractivity (Wildman–Crippen MR) is 69.0 cm³/mol. The molecular formula is C12H13N5O. The summed E-state index contributed by atoms with van der Waals surface area (Å²) in [6, 6.07) is 9.30. The Kier molecular flexibility index (Phi) is 3.49. The number of amides is 1. The van der Waals surface area contributed by atoms with Gasteiger partial charge < -0.3 is 10.3 Å². The number of para-hydroxylation sites is 1. The zero-order valence-corrected chi connectivity index (χ0v) is 9.87. The van der Waals surface area contributed by atoms with Gasteiger partial charge in [0.25, 0.3) is 5.91 Å². The number of nitrogens with one attached hydrogen (secondary N) is 1. The van der Waals surface area contributed by atoms with Crippen molar-refractivity contribution in [3.8, 4) is 0 Å². The maximum atomic E-state index is 12.2. The highest BCUT2D eigenvalue weighted by Gasteiger charge is 2.15. The van der Waals surface area contributed by atoms with Crippen LogP contribution in [0.3, 0.4) is 0 Å². The molecule has 0 atom stereocenters. The van der Waals surface area contributed by atoms with Gasteiger partial charge in [-0.2, -0.15) is 0 Å². The second-order valence-electron chi connectivity index (χ2n) is 3.63. The summed E-state index contributed by atoms with van der Waals surface area (Å²) in [5.74, 6) is 5.33. The van der Waals surface area contributed by atoms with Crippen LogP contribution in [-0.2, 0) is 0 Å². The molecule has 0 bridgehead atoms. The van der Waals surface area contributed by atoms with Gasteiger partial charge in [0.05, 0.1) is 12.4 Å². The molecule has 6 nitrogen and oxygen atoms in total. The van der Waals surface area contributed by atoms with Gasteiger partial charge in [-0.1, -0.05) is 18.2 Å². The lowest BCUT2D eigenvalue weighted by Crippen LogP contribution is -2.27. The quantitative estimate of drug-likeness (QED) is 0.621. The third-order valence-corrected chi connectivity index (χ3v) is 2.45. The zero-order chi connectivity index (χ0) is 13.0. The highest BCUT2D eigenvalue weighted by Crippen LogP contribution is 2.14. The number of aromatic nitrogens is 2. The number of hydrazine groups is 1. The Morgan fingerprint density at radius 1 is 1.28 bits per heavy atom. The molecule has 0 radical (unpaired) electrons. The number of nitrogens with two attached hydrogens (primary N) is 1. The standard InChI is InChI=1S/C12H13N5O/c1-17(9-5-3-2-4-6-9)12(18)10-7-14-8-11(15-10)16-13/h2-8H,13H2,1H3,(H,15,16). The van der Waals surface area contributed by atoms with Gasteiger partial charge in [0.2, 0.25) is 0 Å². The summed E-state index contributed by atoms with van der Waals surface area (Å²) < 4.78 is 0. The van der Waals surface area contributed by atoms with E-state index in [9.17, 15) is 4.79 Å². The van der Waals surface area contributed by atoms with Crippen LogP contribution in [0.2, 0.25) is 0 Å². The minimum Gasteiger partial charge on any atom is -0.310 e. The summed E-state index contributed by atoms with van der Waals surface area (Å²) in [6.07, 6.45) is 2.85. The Labute approximate surface area is 104 Å². The van der Waals surface area contributed by atoms with Crippen LogP contribution in [-0.4, -0.2) is 22.9 Å². The zero-order valence-electron chi connectivity index (χ0n) is 9.87. The van der Waals surface area contributed by atoms with Crippen LogP contribution in [0.4, 0.5) is 11.5 Å². The van der Waals surface area contributed by atoms with Gasteiger partial charge >= 0.3 is 0 Å². The number of carbonyl (C=O) groups is 1. The molecular weight excluding hydrogens is 230 g/mol. The van der Waals surface area contributed by atoms with E-state index in [-0.39, 0.29) is 11.6 Å². The molecule has 0 aliphatic carbocycles. The van der Waals surface area contributed by atoms with E-state index in [1.54, 1.807) is 7.05 Å². The number of anilines is 2. The minimum atomic E-state index is -0.245. The maximum absolute atomic E-state index is 12.2. The van der Waals surface area contributed by atoms with Crippen molar-refractivity contribution in [1.82, 2.24) is 9.97 Å². The second-order valence-corrected chi connectivity index (χ2v) is 3.63. The van der Waals surface area contributed by atoms with Gasteiger partial charge in [0.15, 0.2) is 5.82 Å². The van der Waals surface area contributed by atoms with E-state index in [1.807, 2.05) is 30.3 Å². The average Bonchev–Trinajstić information content (AvgIpc) is 2.46. The first kappa shape index (κ1) is 12.0. The summed E-state index contributed by atoms with van der Waals surface area (Å²) in [4.78, 5) is 21.6. The first-order chi connectivity index (χ1) is 8.72. The van der Waals surface area contributed by atoms with Crippen LogP contribution in [0.15, 0.2) is 42.7 Å². The van der Waals surface area contributed by atoms with Crippen molar-refractivity contribution in [2.75, 3.05) is 17.4 Å². The van der Waals surface area contributed by atoms with E-state index >= 15 is 0 Å². The Balaban J connectivity index is 2.25. The summed E-state index contributed by atoms with van der Waals surface area (Å²) in [5.41, 5.74) is 3.38. The fourth-order valence-electron chi connectivity index (χ4n) is 1.48. The third kappa shape index (κ3) is 2.44. The molecule has 0 unspecified atom stereocenters. The molecule has 1 aromatic carbocycles. The minimum absolute atomic E-state index is 0.233. The molecule has 18 heavy (non-hydrogen) atoms. The van der Waals surface area contributed by atoms with Gasteiger partial charge in [0.1, 0.15) is 5.69 Å². The molecule has 1 heterocycles. The SMILES string of the molecule is CN(C(=O)c1cncc(NN)n1)c1ccccc1. The monoisotopic (exact) mass is 243 g/mol. The smallest absolute Gasteiger partial charge is 0.278 e. The topological polar surface area (TPSA) is 84.1 Å². The van der Waals surface area contributed by atoms with Crippen LogP contribution < -0.4 is 16.2 Å². The van der Waals surface area contributed by atoms with Gasteiger partial charge in [-0.3, -0.25) is 9.78 Å². The van der Waals surface area contributed by atoms with Crippen molar-refractivity contribution >= 4 is 17.4 Å². The Bertz CT molecular complexity index is 543. The summed E-state index contributed by atoms with van der Waals surface area (Å²) >= 11 is 0. The lowest BCUT2D eigenvalue weighted by Gasteiger charge is -2.16. The molecule has 0 aliphatic heterocycles. The Hall–Kier alpha value is -2.47. The number of benzene rings is 1. The van der Waals surface area contributed by atoms with E-state index in [4.69, 9.17) is 5.84 Å². The molecule has 2 aromatic rings. The molecule has 2 rings (SSSR count). The largest absolute Gasteiger partial charge is 0.310 e. The lowest BCUT2D eigenvalue weighted by molar-refractivity contribution is 0.0988. The number of nitrogen functional groups attached to an aromatic ring is 1. The summed E-state index contributed by atoms with van der Waals surface area (Å²) in [5, 5.41) is 0. The molecule has 0 saturated heterocycles. The maximum Gasteiger partial charge on any atom is 0.278 e. The first-order valence-corrected chi connectivity index (χ1v) is 5.34. The molecule has 0 aliphatic rings. The Morgan fingerprint density at radius 2 is 2.00 bits per heavy atom. The van der Waals surface area contributed by atoms with E-state index in [2.05, 4.69) is 15.4 Å². The second kappa shape index (κ2) is 5.24. The van der Waals surface area contributed by atoms with Crippen LogP contribution in [0.1, 0.15) is 10.5 Å². The summed E-state index contributed by atoms with van der Waals surface area (Å²) in [6.45, 7) is 0. The molecule has 6 heteroatoms. The van der Waals surface area contributed by atoms with Crippen LogP contribution in [0, 0.1) is 0 Å². The van der Waals surface area contributed by atoms with E-state index in [0.717, 1.165) is 5.69 Å². The van der Waals surface area contributed by atoms with Crippen molar-refractivity contribution in [3.05, 3.63) is 48.4 Å². The Morgan fingerprint density at radius 3 is 2.67 bits per heavy atom. The van der Waals surface area contributed by atoms with Crippen molar-refractivity contribution in [1.29, 1.82) is 0 Å². The van der Waals surface area contributed by atoms with Crippen molar-refractivity contribution in [3.63, 3.8) is 0 Å². The van der Waals surface area contributed by atoms with Crippen LogP contribution in [0.5, 0.6) is 0 Å². The van der Waals surface area contributed by atoms with Gasteiger partial charge in [-0.25, -0.2) is 10.8 Å². The molecule has 92 valence electrons. The van der Waals surface area contributed by atoms with Crippen LogP contribution >= 0.6 is 0 Å². The molecule has 0 fully saturated rings. The van der Waals surface area contributed by atoms with E-state index < -0.39 is 0 Å². The number of nitrogens with zero attached hydrogens (tertiary/aromatic N) is 3. The number of rotatable bonds is 3. The highest BCUT2D eigenvalue weighted by atomic mass is 16.2. The van der Waals surface area contributed by atoms with Crippen molar-refractivity contribution in [2.24, 2.45) is 5.84 Å².